The molecule has 0 unspecified atom stereocenters. The molecule has 1 aromatic heterocycles. The molecule has 0 saturated carbocycles. The molecule has 1 aromatic rings. The van der Waals surface area contributed by atoms with Crippen molar-refractivity contribution in [3.63, 3.8) is 0 Å². The number of carboxylic acids is 1. The predicted octanol–water partition coefficient (Wildman–Crippen LogP) is 0.132. The summed E-state index contributed by atoms with van der Waals surface area (Å²) < 4.78 is 0. The highest BCUT2D eigenvalue weighted by atomic mass is 16.4. The van der Waals surface area contributed by atoms with E-state index in [4.69, 9.17) is 15.9 Å². The summed E-state index contributed by atoms with van der Waals surface area (Å²) in [6.45, 7) is 1.42. The van der Waals surface area contributed by atoms with Gasteiger partial charge in [0.1, 0.15) is 5.54 Å². The van der Waals surface area contributed by atoms with Crippen molar-refractivity contribution in [2.45, 2.75) is 18.9 Å². The Hall–Kier alpha value is -1.62. The molecule has 5 heteroatoms. The Balaban J connectivity index is 2.83. The van der Waals surface area contributed by atoms with Crippen LogP contribution in [-0.2, 0) is 11.2 Å². The number of aromatic nitrogens is 1. The fourth-order valence-corrected chi connectivity index (χ4v) is 1.07. The fraction of sp³-hybridized carbons (Fsp3) is 0.333. The van der Waals surface area contributed by atoms with Gasteiger partial charge in [0, 0.05) is 18.7 Å². The highest BCUT2D eigenvalue weighted by molar-refractivity contribution is 5.78. The molecule has 1 atom stereocenters. The zero-order chi connectivity index (χ0) is 10.8. The second-order valence-corrected chi connectivity index (χ2v) is 3.42. The molecular weight excluding hydrogens is 184 g/mol. The topological polar surface area (TPSA) is 96.4 Å². The van der Waals surface area contributed by atoms with E-state index in [9.17, 15) is 4.79 Å². The van der Waals surface area contributed by atoms with Crippen molar-refractivity contribution in [2.75, 3.05) is 0 Å². The summed E-state index contributed by atoms with van der Waals surface area (Å²) in [5, 5.41) is 17.8. The first-order valence-corrected chi connectivity index (χ1v) is 4.08. The smallest absolute Gasteiger partial charge is 0.323 e. The number of aliphatic carboxylic acids is 1. The Morgan fingerprint density at radius 1 is 1.71 bits per heavy atom. The molecule has 0 saturated heterocycles. The molecule has 0 aromatic carbocycles. The lowest BCUT2D eigenvalue weighted by molar-refractivity contribution is -0.142. The van der Waals surface area contributed by atoms with Crippen molar-refractivity contribution in [2.24, 2.45) is 5.73 Å². The van der Waals surface area contributed by atoms with Gasteiger partial charge >= 0.3 is 5.97 Å². The molecule has 0 spiro atoms. The van der Waals surface area contributed by atoms with Gasteiger partial charge in [-0.05, 0) is 18.6 Å². The van der Waals surface area contributed by atoms with E-state index < -0.39 is 11.5 Å². The monoisotopic (exact) mass is 196 g/mol. The first kappa shape index (κ1) is 10.5. The highest BCUT2D eigenvalue weighted by Gasteiger charge is 2.28. The molecule has 0 amide bonds. The van der Waals surface area contributed by atoms with E-state index >= 15 is 0 Å². The largest absolute Gasteiger partial charge is 0.493 e. The summed E-state index contributed by atoms with van der Waals surface area (Å²) in [6.07, 6.45) is 1.56. The normalized spacial score (nSPS) is 14.7. The number of nitrogens with zero attached hydrogens (tertiary/aromatic N) is 1. The van der Waals surface area contributed by atoms with Crippen LogP contribution in [0.3, 0.4) is 0 Å². The van der Waals surface area contributed by atoms with Crippen LogP contribution in [0.4, 0.5) is 0 Å². The van der Waals surface area contributed by atoms with Gasteiger partial charge in [-0.3, -0.25) is 4.79 Å². The molecule has 76 valence electrons. The highest BCUT2D eigenvalue weighted by Crippen LogP contribution is 2.13. The Labute approximate surface area is 81.2 Å². The molecule has 0 bridgehead atoms. The number of pyridine rings is 1. The van der Waals surface area contributed by atoms with Crippen LogP contribution in [0.5, 0.6) is 5.88 Å². The molecule has 14 heavy (non-hydrogen) atoms. The molecule has 0 fully saturated rings. The molecule has 4 N–H and O–H groups in total. The van der Waals surface area contributed by atoms with Gasteiger partial charge in [-0.1, -0.05) is 0 Å². The molecule has 1 rings (SSSR count). The lowest BCUT2D eigenvalue weighted by atomic mass is 9.95. The third-order valence-corrected chi connectivity index (χ3v) is 1.87. The van der Waals surface area contributed by atoms with Crippen molar-refractivity contribution in [3.05, 3.63) is 23.9 Å². The minimum absolute atomic E-state index is 0.135. The van der Waals surface area contributed by atoms with Gasteiger partial charge < -0.3 is 15.9 Å². The van der Waals surface area contributed by atoms with Crippen LogP contribution in [0.1, 0.15) is 12.5 Å². The average Bonchev–Trinajstić information content (AvgIpc) is 2.02. The number of carbonyl (C=O) groups is 1. The summed E-state index contributed by atoms with van der Waals surface area (Å²) in [7, 11) is 0. The lowest BCUT2D eigenvalue weighted by Crippen LogP contribution is -2.46. The van der Waals surface area contributed by atoms with Crippen molar-refractivity contribution < 1.29 is 15.0 Å². The van der Waals surface area contributed by atoms with Crippen molar-refractivity contribution in [3.8, 4) is 5.88 Å². The lowest BCUT2D eigenvalue weighted by Gasteiger charge is -2.18. The molecule has 0 aliphatic rings. The van der Waals surface area contributed by atoms with Crippen molar-refractivity contribution in [1.82, 2.24) is 4.98 Å². The van der Waals surface area contributed by atoms with E-state index in [1.807, 2.05) is 0 Å². The molecule has 0 aliphatic carbocycles. The van der Waals surface area contributed by atoms with Gasteiger partial charge in [0.05, 0.1) is 0 Å². The zero-order valence-corrected chi connectivity index (χ0v) is 7.77. The minimum Gasteiger partial charge on any atom is -0.493 e. The van der Waals surface area contributed by atoms with E-state index in [0.717, 1.165) is 0 Å². The summed E-state index contributed by atoms with van der Waals surface area (Å²) in [5.74, 6) is -1.21. The van der Waals surface area contributed by atoms with Gasteiger partial charge in [0.2, 0.25) is 5.88 Å². The van der Waals surface area contributed by atoms with Crippen LogP contribution in [0.25, 0.3) is 0 Å². The predicted molar refractivity (Wildman–Crippen MR) is 49.8 cm³/mol. The maximum Gasteiger partial charge on any atom is 0.323 e. The minimum atomic E-state index is -1.33. The number of hydrogen-bond acceptors (Lipinski definition) is 4. The van der Waals surface area contributed by atoms with Gasteiger partial charge in [0.25, 0.3) is 0 Å². The molecule has 1 heterocycles. The summed E-state index contributed by atoms with van der Waals surface area (Å²) in [6, 6.07) is 3.02. The van der Waals surface area contributed by atoms with Crippen LogP contribution in [0.15, 0.2) is 18.3 Å². The summed E-state index contributed by atoms with van der Waals surface area (Å²) in [4.78, 5) is 14.3. The van der Waals surface area contributed by atoms with Crippen LogP contribution >= 0.6 is 0 Å². The number of rotatable bonds is 3. The molecule has 0 aliphatic heterocycles. The zero-order valence-electron chi connectivity index (χ0n) is 7.77. The van der Waals surface area contributed by atoms with Crippen molar-refractivity contribution in [1.29, 1.82) is 0 Å². The van der Waals surface area contributed by atoms with Crippen LogP contribution < -0.4 is 5.73 Å². The second-order valence-electron chi connectivity index (χ2n) is 3.42. The van der Waals surface area contributed by atoms with Crippen molar-refractivity contribution >= 4 is 5.97 Å². The molecular formula is C9H12N2O3. The first-order chi connectivity index (χ1) is 6.42. The van der Waals surface area contributed by atoms with E-state index in [1.54, 1.807) is 6.07 Å². The fourth-order valence-electron chi connectivity index (χ4n) is 1.07. The number of carboxylic acid groups (broad SMARTS) is 1. The van der Waals surface area contributed by atoms with E-state index in [2.05, 4.69) is 4.98 Å². The molecule has 0 radical (unpaired) electrons. The van der Waals surface area contributed by atoms with Crippen LogP contribution in [0.2, 0.25) is 0 Å². The Kier molecular flexibility index (Phi) is 2.71. The SMILES string of the molecule is C[C@](N)(Cc1ccnc(O)c1)C(=O)O. The van der Waals surface area contributed by atoms with Gasteiger partial charge in [-0.25, -0.2) is 4.98 Å². The maximum absolute atomic E-state index is 10.7. The number of aromatic hydroxyl groups is 1. The van der Waals surface area contributed by atoms with Gasteiger partial charge in [-0.15, -0.1) is 0 Å². The van der Waals surface area contributed by atoms with Gasteiger partial charge in [-0.2, -0.15) is 0 Å². The van der Waals surface area contributed by atoms with E-state index in [1.165, 1.54) is 19.2 Å². The van der Waals surface area contributed by atoms with E-state index in [0.29, 0.717) is 5.56 Å². The Bertz CT molecular complexity index is 350. The van der Waals surface area contributed by atoms with E-state index in [-0.39, 0.29) is 12.3 Å². The third-order valence-electron chi connectivity index (χ3n) is 1.87. The second kappa shape index (κ2) is 3.63. The average molecular weight is 196 g/mol. The third kappa shape index (κ3) is 2.43. The number of hydrogen-bond donors (Lipinski definition) is 3. The first-order valence-electron chi connectivity index (χ1n) is 4.08. The van der Waals surface area contributed by atoms with Gasteiger partial charge in [0.15, 0.2) is 0 Å². The Morgan fingerprint density at radius 2 is 2.36 bits per heavy atom. The Morgan fingerprint density at radius 3 is 2.86 bits per heavy atom. The maximum atomic E-state index is 10.7. The quantitative estimate of drug-likeness (QED) is 0.638. The molecule has 5 nitrogen and oxygen atoms in total. The summed E-state index contributed by atoms with van der Waals surface area (Å²) in [5.41, 5.74) is 4.86. The van der Waals surface area contributed by atoms with Crippen LogP contribution in [0, 0.1) is 0 Å². The standard InChI is InChI=1S/C9H12N2O3/c1-9(10,8(13)14)5-6-2-3-11-7(12)4-6/h2-4H,5,10H2,1H3,(H,11,12)(H,13,14)/t9-/m0/s1. The number of nitrogens with two attached hydrogens (primary N) is 1. The summed E-state index contributed by atoms with van der Waals surface area (Å²) >= 11 is 0. The van der Waals surface area contributed by atoms with Crippen LogP contribution in [-0.4, -0.2) is 26.7 Å².